The van der Waals surface area contributed by atoms with Crippen molar-refractivity contribution < 1.29 is 23.1 Å². The third kappa shape index (κ3) is 4.09. The summed E-state index contributed by atoms with van der Waals surface area (Å²) in [5.41, 5.74) is 2.52. The molecule has 1 amide bonds. The third-order valence-electron chi connectivity index (χ3n) is 5.21. The van der Waals surface area contributed by atoms with Gasteiger partial charge in [-0.2, -0.15) is 0 Å². The molecule has 0 saturated heterocycles. The topological polar surface area (TPSA) is 71.2 Å². The molecule has 0 saturated carbocycles. The lowest BCUT2D eigenvalue weighted by molar-refractivity contribution is -0.120. The molecule has 32 heavy (non-hydrogen) atoms. The molecule has 4 rings (SSSR count). The van der Waals surface area contributed by atoms with E-state index in [-0.39, 0.29) is 17.8 Å². The highest BCUT2D eigenvalue weighted by molar-refractivity contribution is 6.06. The summed E-state index contributed by atoms with van der Waals surface area (Å²) >= 11 is 0. The van der Waals surface area contributed by atoms with Crippen LogP contribution in [0.4, 0.5) is 14.5 Å². The molecule has 0 fully saturated rings. The predicted molar refractivity (Wildman–Crippen MR) is 119 cm³/mol. The van der Waals surface area contributed by atoms with E-state index >= 15 is 0 Å². The molecule has 0 radical (unpaired) electrons. The van der Waals surface area contributed by atoms with E-state index in [2.05, 4.69) is 17.2 Å². The van der Waals surface area contributed by atoms with Gasteiger partial charge in [-0.05, 0) is 59.5 Å². The van der Waals surface area contributed by atoms with Crippen molar-refractivity contribution in [3.8, 4) is 16.9 Å². The van der Waals surface area contributed by atoms with Crippen molar-refractivity contribution >= 4 is 29.0 Å². The van der Waals surface area contributed by atoms with Gasteiger partial charge in [0.05, 0.1) is 5.56 Å². The minimum Gasteiger partial charge on any atom is -0.428 e. The molecule has 7 heteroatoms. The second-order valence-corrected chi connectivity index (χ2v) is 7.30. The third-order valence-corrected chi connectivity index (χ3v) is 5.21. The largest absolute Gasteiger partial charge is 0.428 e. The summed E-state index contributed by atoms with van der Waals surface area (Å²) in [6.07, 6.45) is 3.83. The number of para-hydroxylation sites is 1. The van der Waals surface area contributed by atoms with E-state index in [0.717, 1.165) is 29.3 Å². The van der Waals surface area contributed by atoms with E-state index < -0.39 is 23.2 Å². The fraction of sp³-hybridized carbons (Fsp3) is 0.120. The lowest BCUT2D eigenvalue weighted by Crippen LogP contribution is -2.15. The number of ether oxygens (including phenoxy) is 1. The summed E-state index contributed by atoms with van der Waals surface area (Å²) < 4.78 is 34.4. The molecular formula is C25H20F2N2O3. The van der Waals surface area contributed by atoms with Crippen LogP contribution in [-0.4, -0.2) is 17.4 Å². The maximum Gasteiger partial charge on any atom is 0.298 e. The van der Waals surface area contributed by atoms with Crippen LogP contribution < -0.4 is 10.1 Å². The second kappa shape index (κ2) is 9.01. The van der Waals surface area contributed by atoms with Crippen LogP contribution in [-0.2, 0) is 11.2 Å². The molecule has 0 bridgehead atoms. The Bertz CT molecular complexity index is 1290. The van der Waals surface area contributed by atoms with Crippen molar-refractivity contribution in [3.05, 3.63) is 83.6 Å². The molecule has 2 N–H and O–H groups in total. The minimum atomic E-state index is -0.912. The number of hydrogen-bond donors (Lipinski definition) is 2. The molecule has 0 aliphatic carbocycles. The number of aryl methyl sites for hydroxylation is 1. The number of halogens is 2. The van der Waals surface area contributed by atoms with E-state index in [4.69, 9.17) is 4.74 Å². The van der Waals surface area contributed by atoms with Crippen LogP contribution >= 0.6 is 0 Å². The number of amides is 1. The van der Waals surface area contributed by atoms with Gasteiger partial charge >= 0.3 is 0 Å². The van der Waals surface area contributed by atoms with Gasteiger partial charge in [0.1, 0.15) is 23.1 Å². The Morgan fingerprint density at radius 2 is 1.81 bits per heavy atom. The van der Waals surface area contributed by atoms with Crippen molar-refractivity contribution in [3.63, 3.8) is 0 Å². The Balaban J connectivity index is 1.66. The number of fused-ring (bicyclic) bond motifs is 1. The Morgan fingerprint density at radius 3 is 2.53 bits per heavy atom. The predicted octanol–water partition coefficient (Wildman–Crippen LogP) is 5.85. The minimum absolute atomic E-state index is 0.0138. The van der Waals surface area contributed by atoms with Crippen molar-refractivity contribution in [1.29, 1.82) is 0 Å². The maximum absolute atomic E-state index is 14.8. The van der Waals surface area contributed by atoms with Gasteiger partial charge in [0, 0.05) is 17.1 Å². The van der Waals surface area contributed by atoms with Crippen LogP contribution in [0.15, 0.2) is 60.8 Å². The monoisotopic (exact) mass is 434 g/mol. The zero-order chi connectivity index (χ0) is 22.7. The number of aromatic nitrogens is 1. The van der Waals surface area contributed by atoms with Gasteiger partial charge in [-0.25, -0.2) is 8.78 Å². The molecule has 162 valence electrons. The van der Waals surface area contributed by atoms with Gasteiger partial charge in [0.25, 0.3) is 12.4 Å². The summed E-state index contributed by atoms with van der Waals surface area (Å²) in [5, 5.41) is 3.24. The number of nitrogens with one attached hydrogen (secondary N) is 2. The molecule has 0 spiro atoms. The first kappa shape index (κ1) is 21.2. The highest BCUT2D eigenvalue weighted by Crippen LogP contribution is 2.31. The molecule has 1 heterocycles. The van der Waals surface area contributed by atoms with Crippen LogP contribution in [0.2, 0.25) is 0 Å². The molecule has 3 aromatic carbocycles. The van der Waals surface area contributed by atoms with Gasteiger partial charge in [0.15, 0.2) is 0 Å². The van der Waals surface area contributed by atoms with E-state index in [1.165, 1.54) is 24.3 Å². The van der Waals surface area contributed by atoms with Crippen LogP contribution in [0.25, 0.3) is 22.0 Å². The standard InChI is InChI=1S/C25H20F2N2O3/c1-2-5-16-13-28-22-9-8-15(10-19(16)22)17-11-20(26)24(21(27)12-17)29-25(31)18-6-3-4-7-23(18)32-14-30/h3-4,6-14,28H,2,5H2,1H3,(H,29,31). The number of carbonyl (C=O) groups excluding carboxylic acids is 2. The van der Waals surface area contributed by atoms with Crippen molar-refractivity contribution in [2.75, 3.05) is 5.32 Å². The van der Waals surface area contributed by atoms with Crippen LogP contribution in [0.5, 0.6) is 5.75 Å². The highest BCUT2D eigenvalue weighted by atomic mass is 19.1. The van der Waals surface area contributed by atoms with Crippen LogP contribution in [0.3, 0.4) is 0 Å². The summed E-state index contributed by atoms with van der Waals surface area (Å²) in [6.45, 7) is 2.26. The molecule has 0 atom stereocenters. The zero-order valence-corrected chi connectivity index (χ0v) is 17.2. The maximum atomic E-state index is 14.8. The Kier molecular flexibility index (Phi) is 5.98. The van der Waals surface area contributed by atoms with E-state index in [1.54, 1.807) is 18.2 Å². The fourth-order valence-corrected chi connectivity index (χ4v) is 3.68. The fourth-order valence-electron chi connectivity index (χ4n) is 3.68. The molecule has 5 nitrogen and oxygen atoms in total. The second-order valence-electron chi connectivity index (χ2n) is 7.30. The van der Waals surface area contributed by atoms with E-state index in [1.807, 2.05) is 18.3 Å². The number of hydrogen-bond acceptors (Lipinski definition) is 3. The number of rotatable bonds is 7. The molecule has 4 aromatic rings. The highest BCUT2D eigenvalue weighted by Gasteiger charge is 2.19. The molecular weight excluding hydrogens is 414 g/mol. The van der Waals surface area contributed by atoms with E-state index in [9.17, 15) is 18.4 Å². The lowest BCUT2D eigenvalue weighted by Gasteiger charge is -2.12. The first-order chi connectivity index (χ1) is 15.5. The SMILES string of the molecule is CCCc1c[nH]c2ccc(-c3cc(F)c(NC(=O)c4ccccc4OC=O)c(F)c3)cc12. The molecule has 0 aliphatic rings. The van der Waals surface area contributed by atoms with Gasteiger partial charge < -0.3 is 15.0 Å². The summed E-state index contributed by atoms with van der Waals surface area (Å²) in [6, 6.07) is 13.8. The van der Waals surface area contributed by atoms with Gasteiger partial charge in [-0.3, -0.25) is 9.59 Å². The molecule has 0 unspecified atom stereocenters. The number of anilines is 1. The average Bonchev–Trinajstić information content (AvgIpc) is 3.19. The van der Waals surface area contributed by atoms with Gasteiger partial charge in [0.2, 0.25) is 0 Å². The number of H-pyrrole nitrogens is 1. The van der Waals surface area contributed by atoms with Crippen molar-refractivity contribution in [1.82, 2.24) is 4.98 Å². The zero-order valence-electron chi connectivity index (χ0n) is 17.2. The van der Waals surface area contributed by atoms with Gasteiger partial charge in [-0.1, -0.05) is 31.5 Å². The normalized spacial score (nSPS) is 10.8. The quantitative estimate of drug-likeness (QED) is 0.358. The summed E-state index contributed by atoms with van der Waals surface area (Å²) in [4.78, 5) is 26.4. The van der Waals surface area contributed by atoms with Crippen molar-refractivity contribution in [2.45, 2.75) is 19.8 Å². The number of carbonyl (C=O) groups is 2. The first-order valence-electron chi connectivity index (χ1n) is 10.1. The Morgan fingerprint density at radius 1 is 1.06 bits per heavy atom. The van der Waals surface area contributed by atoms with Crippen LogP contribution in [0, 0.1) is 11.6 Å². The number of benzene rings is 3. The smallest absolute Gasteiger partial charge is 0.298 e. The average molecular weight is 434 g/mol. The lowest BCUT2D eigenvalue weighted by atomic mass is 10.0. The Hall–Kier alpha value is -4.00. The van der Waals surface area contributed by atoms with E-state index in [0.29, 0.717) is 11.1 Å². The number of aromatic amines is 1. The molecule has 1 aromatic heterocycles. The summed E-state index contributed by atoms with van der Waals surface area (Å²) in [5.74, 6) is -2.64. The van der Waals surface area contributed by atoms with Crippen molar-refractivity contribution in [2.24, 2.45) is 0 Å². The van der Waals surface area contributed by atoms with Crippen LogP contribution in [0.1, 0.15) is 29.3 Å². The Labute approximate surface area is 183 Å². The first-order valence-corrected chi connectivity index (χ1v) is 10.1. The molecule has 0 aliphatic heterocycles. The van der Waals surface area contributed by atoms with Gasteiger partial charge in [-0.15, -0.1) is 0 Å². The summed E-state index contributed by atoms with van der Waals surface area (Å²) in [7, 11) is 0.